The van der Waals surface area contributed by atoms with Crippen molar-refractivity contribution >= 4 is 17.7 Å². The Morgan fingerprint density at radius 1 is 1.39 bits per heavy atom. The van der Waals surface area contributed by atoms with Gasteiger partial charge in [0.2, 0.25) is 5.91 Å². The molecule has 2 N–H and O–H groups in total. The van der Waals surface area contributed by atoms with Gasteiger partial charge in [0, 0.05) is 10.9 Å². The van der Waals surface area contributed by atoms with Crippen molar-refractivity contribution in [1.29, 1.82) is 0 Å². The van der Waals surface area contributed by atoms with Gasteiger partial charge in [-0.2, -0.15) is 0 Å². The molecular weight excluding hydrogens is 260 g/mol. The molecule has 0 atom stereocenters. The molecule has 0 radical (unpaired) electrons. The molecule has 3 nitrogen and oxygen atoms in total. The molecule has 98 valence electrons. The van der Waals surface area contributed by atoms with Gasteiger partial charge in [0.05, 0.1) is 11.9 Å². The Bertz CT molecular complexity index is 450. The van der Waals surface area contributed by atoms with Crippen molar-refractivity contribution in [3.63, 3.8) is 0 Å². The lowest BCUT2D eigenvalue weighted by molar-refractivity contribution is -0.120. The first-order valence-corrected chi connectivity index (χ1v) is 6.58. The van der Waals surface area contributed by atoms with E-state index in [1.165, 1.54) is 6.07 Å². The highest BCUT2D eigenvalue weighted by Gasteiger charge is 2.28. The molecule has 1 aliphatic carbocycles. The van der Waals surface area contributed by atoms with E-state index in [2.05, 4.69) is 5.32 Å². The van der Waals surface area contributed by atoms with Gasteiger partial charge in [0.25, 0.3) is 0 Å². The fourth-order valence-electron chi connectivity index (χ4n) is 1.69. The van der Waals surface area contributed by atoms with Crippen LogP contribution in [0.5, 0.6) is 0 Å². The summed E-state index contributed by atoms with van der Waals surface area (Å²) < 4.78 is 25.6. The lowest BCUT2D eigenvalue weighted by Crippen LogP contribution is -2.47. The molecule has 1 amide bonds. The van der Waals surface area contributed by atoms with Crippen molar-refractivity contribution in [2.45, 2.75) is 29.9 Å². The Morgan fingerprint density at radius 3 is 2.72 bits per heavy atom. The number of thioether (sulfide) groups is 1. The largest absolute Gasteiger partial charge is 0.393 e. The van der Waals surface area contributed by atoms with Gasteiger partial charge in [-0.1, -0.05) is 0 Å². The molecule has 0 saturated heterocycles. The highest BCUT2D eigenvalue weighted by Crippen LogP contribution is 2.22. The van der Waals surface area contributed by atoms with E-state index in [1.807, 2.05) is 0 Å². The smallest absolute Gasteiger partial charge is 0.230 e. The van der Waals surface area contributed by atoms with Crippen LogP contribution in [0, 0.1) is 11.6 Å². The van der Waals surface area contributed by atoms with Gasteiger partial charge in [-0.3, -0.25) is 4.79 Å². The summed E-state index contributed by atoms with van der Waals surface area (Å²) in [4.78, 5) is 12.0. The second-order valence-corrected chi connectivity index (χ2v) is 5.30. The third-order valence-electron chi connectivity index (χ3n) is 2.74. The standard InChI is InChI=1S/C12H13F2NO2S/c13-10-2-1-9(5-11(10)14)18-6-12(17)15-7-3-8(16)4-7/h1-2,5,7-8,16H,3-4,6H2,(H,15,17). The molecule has 2 rings (SSSR count). The fraction of sp³-hybridized carbons (Fsp3) is 0.417. The molecule has 0 heterocycles. The number of aliphatic hydroxyl groups excluding tert-OH is 1. The number of hydrogen-bond donors (Lipinski definition) is 2. The normalized spacial score (nSPS) is 22.4. The number of carbonyl (C=O) groups is 1. The van der Waals surface area contributed by atoms with E-state index in [9.17, 15) is 13.6 Å². The number of rotatable bonds is 4. The monoisotopic (exact) mass is 273 g/mol. The molecule has 1 saturated carbocycles. The molecule has 1 aromatic rings. The Morgan fingerprint density at radius 2 is 2.11 bits per heavy atom. The van der Waals surface area contributed by atoms with E-state index in [-0.39, 0.29) is 23.8 Å². The van der Waals surface area contributed by atoms with Gasteiger partial charge < -0.3 is 10.4 Å². The Labute approximate surface area is 108 Å². The minimum atomic E-state index is -0.914. The zero-order valence-corrected chi connectivity index (χ0v) is 10.3. The van der Waals surface area contributed by atoms with E-state index in [0.29, 0.717) is 17.7 Å². The summed E-state index contributed by atoms with van der Waals surface area (Å²) in [6.45, 7) is 0. The predicted molar refractivity (Wildman–Crippen MR) is 64.3 cm³/mol. The fourth-order valence-corrected chi connectivity index (χ4v) is 2.42. The molecule has 18 heavy (non-hydrogen) atoms. The minimum Gasteiger partial charge on any atom is -0.393 e. The van der Waals surface area contributed by atoms with Crippen LogP contribution in [0.4, 0.5) is 8.78 Å². The first-order chi connectivity index (χ1) is 8.54. The zero-order chi connectivity index (χ0) is 13.1. The Kier molecular flexibility index (Phi) is 4.19. The summed E-state index contributed by atoms with van der Waals surface area (Å²) >= 11 is 1.15. The summed E-state index contributed by atoms with van der Waals surface area (Å²) in [5, 5.41) is 11.8. The molecule has 1 fully saturated rings. The average Bonchev–Trinajstić information content (AvgIpc) is 2.29. The highest BCUT2D eigenvalue weighted by atomic mass is 32.2. The maximum absolute atomic E-state index is 12.9. The van der Waals surface area contributed by atoms with Crippen LogP contribution >= 0.6 is 11.8 Å². The number of amides is 1. The summed E-state index contributed by atoms with van der Waals surface area (Å²) in [6.07, 6.45) is 0.859. The van der Waals surface area contributed by atoms with E-state index >= 15 is 0 Å². The van der Waals surface area contributed by atoms with Crippen molar-refractivity contribution in [2.24, 2.45) is 0 Å². The van der Waals surface area contributed by atoms with Crippen molar-refractivity contribution in [1.82, 2.24) is 5.32 Å². The quantitative estimate of drug-likeness (QED) is 0.821. The molecule has 6 heteroatoms. The first kappa shape index (κ1) is 13.3. The summed E-state index contributed by atoms with van der Waals surface area (Å²) in [7, 11) is 0. The molecule has 1 aromatic carbocycles. The molecule has 0 spiro atoms. The second kappa shape index (κ2) is 5.67. The van der Waals surface area contributed by atoms with Crippen LogP contribution in [0.15, 0.2) is 23.1 Å². The third-order valence-corrected chi connectivity index (χ3v) is 3.73. The van der Waals surface area contributed by atoms with Crippen LogP contribution in [0.25, 0.3) is 0 Å². The van der Waals surface area contributed by atoms with E-state index < -0.39 is 11.6 Å². The number of hydrogen-bond acceptors (Lipinski definition) is 3. The lowest BCUT2D eigenvalue weighted by Gasteiger charge is -2.31. The van der Waals surface area contributed by atoms with Crippen molar-refractivity contribution in [2.75, 3.05) is 5.75 Å². The lowest BCUT2D eigenvalue weighted by atomic mass is 9.89. The number of halogens is 2. The molecular formula is C12H13F2NO2S. The van der Waals surface area contributed by atoms with E-state index in [4.69, 9.17) is 5.11 Å². The Hall–Kier alpha value is -1.14. The topological polar surface area (TPSA) is 49.3 Å². The van der Waals surface area contributed by atoms with Crippen LogP contribution in [0.1, 0.15) is 12.8 Å². The molecule has 0 bridgehead atoms. The van der Waals surface area contributed by atoms with Crippen LogP contribution in [0.3, 0.4) is 0 Å². The number of aliphatic hydroxyl groups is 1. The van der Waals surface area contributed by atoms with E-state index in [0.717, 1.165) is 23.9 Å². The molecule has 0 unspecified atom stereocenters. The van der Waals surface area contributed by atoms with Gasteiger partial charge >= 0.3 is 0 Å². The van der Waals surface area contributed by atoms with Crippen molar-refractivity contribution in [3.05, 3.63) is 29.8 Å². The second-order valence-electron chi connectivity index (χ2n) is 4.25. The van der Waals surface area contributed by atoms with Crippen LogP contribution in [0.2, 0.25) is 0 Å². The number of carbonyl (C=O) groups excluding carboxylic acids is 1. The zero-order valence-electron chi connectivity index (χ0n) is 9.53. The summed E-state index contributed by atoms with van der Waals surface area (Å²) in [6, 6.07) is 3.58. The predicted octanol–water partition coefficient (Wildman–Crippen LogP) is 1.70. The van der Waals surface area contributed by atoms with Gasteiger partial charge in [-0.15, -0.1) is 11.8 Å². The number of benzene rings is 1. The highest BCUT2D eigenvalue weighted by molar-refractivity contribution is 8.00. The van der Waals surface area contributed by atoms with Crippen molar-refractivity contribution in [3.8, 4) is 0 Å². The molecule has 1 aliphatic rings. The first-order valence-electron chi connectivity index (χ1n) is 5.60. The van der Waals surface area contributed by atoms with Gasteiger partial charge in [-0.25, -0.2) is 8.78 Å². The van der Waals surface area contributed by atoms with E-state index in [1.54, 1.807) is 0 Å². The third kappa shape index (κ3) is 3.43. The molecule has 0 aliphatic heterocycles. The van der Waals surface area contributed by atoms with Crippen LogP contribution < -0.4 is 5.32 Å². The average molecular weight is 273 g/mol. The Balaban J connectivity index is 1.76. The van der Waals surface area contributed by atoms with Crippen LogP contribution in [-0.4, -0.2) is 28.9 Å². The van der Waals surface area contributed by atoms with Gasteiger partial charge in [-0.05, 0) is 31.0 Å². The van der Waals surface area contributed by atoms with Crippen molar-refractivity contribution < 1.29 is 18.7 Å². The minimum absolute atomic E-state index is 0.0399. The SMILES string of the molecule is O=C(CSc1ccc(F)c(F)c1)NC1CC(O)C1. The summed E-state index contributed by atoms with van der Waals surface area (Å²) in [5.41, 5.74) is 0. The maximum Gasteiger partial charge on any atom is 0.230 e. The van der Waals surface area contributed by atoms with Gasteiger partial charge in [0.15, 0.2) is 11.6 Å². The molecule has 0 aromatic heterocycles. The number of nitrogens with one attached hydrogen (secondary N) is 1. The van der Waals surface area contributed by atoms with Gasteiger partial charge in [0.1, 0.15) is 0 Å². The summed E-state index contributed by atoms with van der Waals surface area (Å²) in [5.74, 6) is -1.83. The maximum atomic E-state index is 12.9. The van der Waals surface area contributed by atoms with Crippen LogP contribution in [-0.2, 0) is 4.79 Å².